The average molecular weight is 1260 g/mol. The van der Waals surface area contributed by atoms with Crippen LogP contribution in [0.2, 0.25) is 0 Å². The summed E-state index contributed by atoms with van der Waals surface area (Å²) in [6, 6.07) is -3.57. The van der Waals surface area contributed by atoms with E-state index in [1.165, 1.54) is 83.5 Å². The smallest absolute Gasteiger partial charge is 0.329 e. The fourth-order valence-electron chi connectivity index (χ4n) is 8.97. The number of nitrogens with one attached hydrogen (secondary N) is 7. The van der Waals surface area contributed by atoms with Gasteiger partial charge in [-0.2, -0.15) is 0 Å². The molecule has 0 aliphatic carbocycles. The Kier molecular flexibility index (Phi) is 56.6. The molecule has 0 radical (unpaired) electrons. The van der Waals surface area contributed by atoms with Crippen LogP contribution in [0, 0.1) is 0 Å². The Labute approximate surface area is 523 Å². The van der Waals surface area contributed by atoms with Gasteiger partial charge in [-0.05, 0) is 44.9 Å². The highest BCUT2D eigenvalue weighted by Crippen LogP contribution is 2.14. The molecule has 0 unspecified atom stereocenters. The number of carbonyl (C=O) groups is 10. The molecule has 0 aromatic heterocycles. The number of carbonyl (C=O) groups excluding carboxylic acids is 7. The molecule has 0 rings (SSSR count). The molecule has 26 nitrogen and oxygen atoms in total. The van der Waals surface area contributed by atoms with E-state index in [1.807, 2.05) is 0 Å². The van der Waals surface area contributed by atoms with Gasteiger partial charge in [0.25, 0.3) is 0 Å². The van der Waals surface area contributed by atoms with Crippen molar-refractivity contribution in [3.63, 3.8) is 0 Å². The molecule has 0 fully saturated rings. The van der Waals surface area contributed by atoms with Crippen LogP contribution < -0.4 is 37.2 Å². The molecule has 0 aliphatic heterocycles. The number of carboxylic acids is 3. The first-order chi connectivity index (χ1) is 42.6. The molecule has 0 saturated heterocycles. The number of hydrogen-bond donors (Lipinski definition) is 10. The third kappa shape index (κ3) is 55.7. The van der Waals surface area contributed by atoms with E-state index in [0.29, 0.717) is 25.7 Å². The van der Waals surface area contributed by atoms with Crippen LogP contribution >= 0.6 is 0 Å². The van der Waals surface area contributed by atoms with E-state index in [9.17, 15) is 58.2 Å². The third-order valence-corrected chi connectivity index (χ3v) is 14.0. The third-order valence-electron chi connectivity index (χ3n) is 14.0. The van der Waals surface area contributed by atoms with Gasteiger partial charge < -0.3 is 81.0 Å². The van der Waals surface area contributed by atoms with Crippen LogP contribution in [0.25, 0.3) is 0 Å². The summed E-state index contributed by atoms with van der Waals surface area (Å²) in [4.78, 5) is 123. The second kappa shape index (κ2) is 60.4. The largest absolute Gasteiger partial charge is 0.480 e. The Balaban J connectivity index is 4.86. The number of amides is 7. The van der Waals surface area contributed by atoms with Gasteiger partial charge in [0, 0.05) is 51.9 Å². The van der Waals surface area contributed by atoms with Gasteiger partial charge in [0.1, 0.15) is 37.9 Å². The minimum absolute atomic E-state index is 0.0508. The Morgan fingerprint density at radius 1 is 0.295 bits per heavy atom. The van der Waals surface area contributed by atoms with E-state index >= 15 is 0 Å². The Morgan fingerprint density at radius 2 is 0.625 bits per heavy atom. The zero-order chi connectivity index (χ0) is 64.9. The van der Waals surface area contributed by atoms with Crippen molar-refractivity contribution in [2.75, 3.05) is 105 Å². The summed E-state index contributed by atoms with van der Waals surface area (Å²) in [6.07, 6.45) is 25.2. The number of rotatable bonds is 65. The maximum Gasteiger partial charge on any atom is 0.329 e. The normalized spacial score (nSPS) is 12.1. The van der Waals surface area contributed by atoms with Crippen LogP contribution in [-0.4, -0.2) is 198 Å². The number of hydrogen-bond acceptors (Lipinski definition) is 16. The minimum Gasteiger partial charge on any atom is -0.480 e. The van der Waals surface area contributed by atoms with E-state index in [1.54, 1.807) is 0 Å². The van der Waals surface area contributed by atoms with Crippen LogP contribution in [-0.2, 0) is 76.4 Å². The highest BCUT2D eigenvalue weighted by molar-refractivity contribution is 5.88. The quantitative estimate of drug-likeness (QED) is 0.0341. The van der Waals surface area contributed by atoms with Crippen molar-refractivity contribution in [3.05, 3.63) is 0 Å². The Hall–Kier alpha value is -5.54. The summed E-state index contributed by atoms with van der Waals surface area (Å²) in [5, 5.41) is 46.5. The molecular weight excluding hydrogens is 1150 g/mol. The predicted octanol–water partition coefficient (Wildman–Crippen LogP) is 5.39. The molecule has 0 aliphatic rings. The molecule has 0 aromatic rings. The molecule has 7 amide bonds. The van der Waals surface area contributed by atoms with Crippen LogP contribution in [0.1, 0.15) is 213 Å². The van der Waals surface area contributed by atoms with E-state index < -0.39 is 66.3 Å². The predicted molar refractivity (Wildman–Crippen MR) is 330 cm³/mol. The van der Waals surface area contributed by atoms with E-state index in [2.05, 4.69) is 51.1 Å². The lowest BCUT2D eigenvalue weighted by atomic mass is 10.0. The fourth-order valence-corrected chi connectivity index (χ4v) is 8.97. The second-order valence-electron chi connectivity index (χ2n) is 21.9. The van der Waals surface area contributed by atoms with E-state index in [4.69, 9.17) is 33.5 Å². The summed E-state index contributed by atoms with van der Waals surface area (Å²) < 4.78 is 31.6. The zero-order valence-corrected chi connectivity index (χ0v) is 53.3. The van der Waals surface area contributed by atoms with Crippen LogP contribution in [0.4, 0.5) is 0 Å². The monoisotopic (exact) mass is 1260 g/mol. The second-order valence-corrected chi connectivity index (χ2v) is 21.9. The lowest BCUT2D eigenvalue weighted by Crippen LogP contribution is -2.48. The van der Waals surface area contributed by atoms with Crippen molar-refractivity contribution < 1.29 is 91.7 Å². The minimum atomic E-state index is -1.31. The number of ether oxygens (including phenoxy) is 6. The van der Waals surface area contributed by atoms with E-state index in [-0.39, 0.29) is 162 Å². The molecule has 0 saturated carbocycles. The SMILES string of the molecule is CCCCCCCCCCCCCC(=O)N[C@@H](CCC(=O)NCCCC[C@H](NC(=O)CC[C@H](NC(=O)CCCCCCCCCCCCC)C(=O)O)C(=O)NCCOCCOCC(=O)NCCOCCOCC(=O)NCCOCCOCC(=O)O)C(=O)O. The van der Waals surface area contributed by atoms with Crippen LogP contribution in [0.15, 0.2) is 0 Å². The maximum absolute atomic E-state index is 13.4. The number of unbranched alkanes of at least 4 members (excludes halogenated alkanes) is 21. The standard InChI is InChI=1S/C62H113N7O19/c1-3-5-7-9-11-13-15-17-19-21-23-28-54(71)68-51(61(79)80)30-32-53(70)63-34-26-25-27-50(67-56(73)33-31-52(62(81)82)69-55(72)29-24-22-20-18-16-14-12-10-8-6-4-2)60(78)66-37-40-85-42-45-87-48-58(75)64-35-38-83-41-44-86-47-57(74)65-36-39-84-43-46-88-49-59(76)77/h50-52H,3-49H2,1-2H3,(H,63,70)(H,64,75)(H,65,74)(H,66,78)(H,67,73)(H,68,71)(H,69,72)(H,76,77)(H,79,80)(H,81,82)/t50-,51-,52-/m0/s1. The van der Waals surface area contributed by atoms with Gasteiger partial charge in [-0.1, -0.05) is 142 Å². The van der Waals surface area contributed by atoms with Crippen molar-refractivity contribution in [2.45, 2.75) is 231 Å². The fraction of sp³-hybridized carbons (Fsp3) is 0.839. The van der Waals surface area contributed by atoms with Crippen molar-refractivity contribution in [2.24, 2.45) is 0 Å². The van der Waals surface area contributed by atoms with Crippen molar-refractivity contribution >= 4 is 59.3 Å². The van der Waals surface area contributed by atoms with Gasteiger partial charge in [-0.3, -0.25) is 33.6 Å². The molecule has 3 atom stereocenters. The molecule has 10 N–H and O–H groups in total. The van der Waals surface area contributed by atoms with E-state index in [0.717, 1.165) is 44.9 Å². The first-order valence-corrected chi connectivity index (χ1v) is 32.7. The highest BCUT2D eigenvalue weighted by Gasteiger charge is 2.25. The van der Waals surface area contributed by atoms with Gasteiger partial charge >= 0.3 is 17.9 Å². The Bertz CT molecular complexity index is 1870. The molecule has 88 heavy (non-hydrogen) atoms. The van der Waals surface area contributed by atoms with Crippen LogP contribution in [0.5, 0.6) is 0 Å². The summed E-state index contributed by atoms with van der Waals surface area (Å²) >= 11 is 0. The molecule has 0 bridgehead atoms. The van der Waals surface area contributed by atoms with Crippen molar-refractivity contribution in [1.82, 2.24) is 37.2 Å². The summed E-state index contributed by atoms with van der Waals surface area (Å²) in [5.41, 5.74) is 0. The first-order valence-electron chi connectivity index (χ1n) is 32.7. The lowest BCUT2D eigenvalue weighted by molar-refractivity contribution is -0.143. The molecule has 0 heterocycles. The maximum atomic E-state index is 13.4. The molecule has 0 aromatic carbocycles. The van der Waals surface area contributed by atoms with Crippen LogP contribution in [0.3, 0.4) is 0 Å². The van der Waals surface area contributed by atoms with Gasteiger partial charge in [-0.15, -0.1) is 0 Å². The van der Waals surface area contributed by atoms with Crippen molar-refractivity contribution in [1.29, 1.82) is 0 Å². The highest BCUT2D eigenvalue weighted by atomic mass is 16.5. The number of aliphatic carboxylic acids is 3. The summed E-state index contributed by atoms with van der Waals surface area (Å²) in [6.45, 7) is 5.58. The molecular formula is C62H113N7O19. The van der Waals surface area contributed by atoms with Gasteiger partial charge in [0.2, 0.25) is 41.4 Å². The molecule has 510 valence electrons. The number of carboxylic acid groups (broad SMARTS) is 3. The first kappa shape index (κ1) is 82.5. The average Bonchev–Trinajstić information content (AvgIpc) is 3.50. The summed E-state index contributed by atoms with van der Waals surface area (Å²) in [7, 11) is 0. The zero-order valence-electron chi connectivity index (χ0n) is 53.3. The van der Waals surface area contributed by atoms with Gasteiger partial charge in [0.05, 0.1) is 59.5 Å². The Morgan fingerprint density at radius 3 is 1.02 bits per heavy atom. The topological polar surface area (TPSA) is 371 Å². The van der Waals surface area contributed by atoms with Gasteiger partial charge in [-0.25, -0.2) is 14.4 Å². The lowest BCUT2D eigenvalue weighted by Gasteiger charge is -2.20. The molecule has 0 spiro atoms. The molecule has 26 heteroatoms. The van der Waals surface area contributed by atoms with Crippen molar-refractivity contribution in [3.8, 4) is 0 Å². The van der Waals surface area contributed by atoms with Gasteiger partial charge in [0.15, 0.2) is 0 Å². The summed E-state index contributed by atoms with van der Waals surface area (Å²) in [5.74, 6) is -6.63.